The molecule has 0 saturated carbocycles. The van der Waals surface area contributed by atoms with E-state index in [1.54, 1.807) is 0 Å². The van der Waals surface area contributed by atoms with E-state index in [-0.39, 0.29) is 6.04 Å². The number of nitrogens with zero attached hydrogens (tertiary/aromatic N) is 1. The van der Waals surface area contributed by atoms with Crippen LogP contribution in [0.1, 0.15) is 41.6 Å². The Bertz CT molecular complexity index is 848. The third kappa shape index (κ3) is 2.20. The molecule has 1 saturated heterocycles. The number of anilines is 1. The van der Waals surface area contributed by atoms with Crippen LogP contribution >= 0.6 is 12.2 Å². The van der Waals surface area contributed by atoms with Gasteiger partial charge in [-0.1, -0.05) is 29.8 Å². The predicted octanol–water partition coefficient (Wildman–Crippen LogP) is 4.55. The van der Waals surface area contributed by atoms with E-state index < -0.39 is 5.72 Å². The molecular formula is C20H22N2OS. The number of ether oxygens (including phenoxy) is 1. The van der Waals surface area contributed by atoms with E-state index >= 15 is 0 Å². The number of benzene rings is 2. The molecule has 1 N–H and O–H groups in total. The van der Waals surface area contributed by atoms with Crippen LogP contribution in [-0.2, 0) is 0 Å². The fourth-order valence-corrected chi connectivity index (χ4v) is 4.27. The quantitative estimate of drug-likeness (QED) is 0.771. The van der Waals surface area contributed by atoms with Gasteiger partial charge < -0.3 is 10.1 Å². The van der Waals surface area contributed by atoms with Gasteiger partial charge in [0.15, 0.2) is 10.8 Å². The van der Waals surface area contributed by atoms with Crippen molar-refractivity contribution in [1.82, 2.24) is 5.32 Å². The van der Waals surface area contributed by atoms with Gasteiger partial charge in [-0.25, -0.2) is 0 Å². The van der Waals surface area contributed by atoms with Gasteiger partial charge in [0.05, 0.1) is 11.7 Å². The normalized spacial score (nSPS) is 24.9. The Kier molecular flexibility index (Phi) is 3.36. The zero-order valence-electron chi connectivity index (χ0n) is 14.5. The lowest BCUT2D eigenvalue weighted by Crippen LogP contribution is -2.65. The van der Waals surface area contributed by atoms with Crippen molar-refractivity contribution in [3.63, 3.8) is 0 Å². The minimum Gasteiger partial charge on any atom is -0.467 e. The summed E-state index contributed by atoms with van der Waals surface area (Å²) >= 11 is 5.73. The zero-order valence-corrected chi connectivity index (χ0v) is 15.3. The van der Waals surface area contributed by atoms with Crippen LogP contribution in [0.4, 0.5) is 5.69 Å². The van der Waals surface area contributed by atoms with Crippen LogP contribution in [0, 0.1) is 20.8 Å². The number of fused-ring (bicyclic) bond motifs is 4. The maximum absolute atomic E-state index is 6.48. The van der Waals surface area contributed by atoms with Gasteiger partial charge in [0.25, 0.3) is 0 Å². The van der Waals surface area contributed by atoms with Crippen molar-refractivity contribution in [3.05, 3.63) is 58.7 Å². The molecule has 0 amide bonds. The number of thiocarbonyl (C=S) groups is 1. The number of nitrogens with one attached hydrogen (secondary N) is 1. The van der Waals surface area contributed by atoms with Gasteiger partial charge in [0.1, 0.15) is 5.75 Å². The Morgan fingerprint density at radius 3 is 2.79 bits per heavy atom. The van der Waals surface area contributed by atoms with Gasteiger partial charge in [0.2, 0.25) is 0 Å². The number of hydrogen-bond donors (Lipinski definition) is 1. The molecular weight excluding hydrogens is 316 g/mol. The standard InChI is InChI=1S/C20H22N2OS/c1-12-8-9-18-15(10-12)16-11-20(4,23-18)22(19(24)21-16)17-7-5-6-13(2)14(17)3/h5-10,16H,11H2,1-4H3,(H,21,24). The molecule has 0 aromatic heterocycles. The Labute approximate surface area is 148 Å². The summed E-state index contributed by atoms with van der Waals surface area (Å²) in [6, 6.07) is 12.9. The van der Waals surface area contributed by atoms with Crippen molar-refractivity contribution in [3.8, 4) is 5.75 Å². The molecule has 4 heteroatoms. The fraction of sp³-hybridized carbons (Fsp3) is 0.350. The van der Waals surface area contributed by atoms with Crippen molar-refractivity contribution in [2.24, 2.45) is 0 Å². The number of rotatable bonds is 1. The lowest BCUT2D eigenvalue weighted by molar-refractivity contribution is 0.0496. The second kappa shape index (κ2) is 5.21. The highest BCUT2D eigenvalue weighted by molar-refractivity contribution is 7.80. The summed E-state index contributed by atoms with van der Waals surface area (Å²) in [6.45, 7) is 8.52. The van der Waals surface area contributed by atoms with Gasteiger partial charge in [-0.15, -0.1) is 0 Å². The van der Waals surface area contributed by atoms with Crippen molar-refractivity contribution in [1.29, 1.82) is 0 Å². The predicted molar refractivity (Wildman–Crippen MR) is 102 cm³/mol. The minimum absolute atomic E-state index is 0.201. The molecule has 2 heterocycles. The Balaban J connectivity index is 1.84. The molecule has 0 radical (unpaired) electrons. The van der Waals surface area contributed by atoms with Crippen LogP contribution in [-0.4, -0.2) is 10.8 Å². The monoisotopic (exact) mass is 338 g/mol. The average Bonchev–Trinajstić information content (AvgIpc) is 2.52. The first-order chi connectivity index (χ1) is 11.4. The second-order valence-electron chi connectivity index (χ2n) is 7.08. The van der Waals surface area contributed by atoms with E-state index in [9.17, 15) is 0 Å². The van der Waals surface area contributed by atoms with Gasteiger partial charge in [-0.2, -0.15) is 0 Å². The van der Waals surface area contributed by atoms with Crippen LogP contribution in [0.2, 0.25) is 0 Å². The van der Waals surface area contributed by atoms with Gasteiger partial charge in [-0.3, -0.25) is 4.90 Å². The van der Waals surface area contributed by atoms with Crippen molar-refractivity contribution >= 4 is 23.0 Å². The third-order valence-electron chi connectivity index (χ3n) is 5.24. The molecule has 3 nitrogen and oxygen atoms in total. The summed E-state index contributed by atoms with van der Waals surface area (Å²) in [5, 5.41) is 4.26. The summed E-state index contributed by atoms with van der Waals surface area (Å²) < 4.78 is 6.48. The second-order valence-corrected chi connectivity index (χ2v) is 7.47. The molecule has 0 aliphatic carbocycles. The molecule has 2 aromatic carbocycles. The first kappa shape index (κ1) is 15.5. The highest BCUT2D eigenvalue weighted by atomic mass is 32.1. The molecule has 2 aliphatic rings. The van der Waals surface area contributed by atoms with Crippen LogP contribution in [0.15, 0.2) is 36.4 Å². The Hall–Kier alpha value is -2.07. The van der Waals surface area contributed by atoms with E-state index in [4.69, 9.17) is 17.0 Å². The SMILES string of the molecule is Cc1ccc2c(c1)C1CC(C)(O2)N(c2cccc(C)c2C)C(=S)N1. The van der Waals surface area contributed by atoms with Gasteiger partial charge in [-0.05, 0) is 63.2 Å². The molecule has 2 unspecified atom stereocenters. The molecule has 124 valence electrons. The van der Waals surface area contributed by atoms with Gasteiger partial charge in [0, 0.05) is 12.0 Å². The van der Waals surface area contributed by atoms with Gasteiger partial charge >= 0.3 is 0 Å². The molecule has 2 bridgehead atoms. The highest BCUT2D eigenvalue weighted by Gasteiger charge is 2.48. The molecule has 0 spiro atoms. The molecule has 1 fully saturated rings. The largest absolute Gasteiger partial charge is 0.467 e. The number of hydrogen-bond acceptors (Lipinski definition) is 2. The lowest BCUT2D eigenvalue weighted by Gasteiger charge is -2.52. The first-order valence-corrected chi connectivity index (χ1v) is 8.76. The molecule has 4 rings (SSSR count). The summed E-state index contributed by atoms with van der Waals surface area (Å²) in [6.07, 6.45) is 0.858. The van der Waals surface area contributed by atoms with Crippen molar-refractivity contribution in [2.75, 3.05) is 4.90 Å². The lowest BCUT2D eigenvalue weighted by atomic mass is 9.89. The Morgan fingerprint density at radius 1 is 1.21 bits per heavy atom. The molecule has 2 atom stereocenters. The van der Waals surface area contributed by atoms with E-state index in [0.717, 1.165) is 23.0 Å². The van der Waals surface area contributed by atoms with Crippen LogP contribution < -0.4 is 15.0 Å². The van der Waals surface area contributed by atoms with E-state index in [1.807, 2.05) is 0 Å². The molecule has 2 aliphatic heterocycles. The van der Waals surface area contributed by atoms with E-state index in [0.29, 0.717) is 0 Å². The maximum atomic E-state index is 6.48. The smallest absolute Gasteiger partial charge is 0.188 e. The summed E-state index contributed by atoms with van der Waals surface area (Å²) in [4.78, 5) is 2.14. The molecule has 2 aromatic rings. The fourth-order valence-electron chi connectivity index (χ4n) is 3.84. The maximum Gasteiger partial charge on any atom is 0.188 e. The van der Waals surface area contributed by atoms with E-state index in [1.165, 1.54) is 22.3 Å². The topological polar surface area (TPSA) is 24.5 Å². The summed E-state index contributed by atoms with van der Waals surface area (Å²) in [7, 11) is 0. The molecule has 24 heavy (non-hydrogen) atoms. The minimum atomic E-state index is -0.478. The van der Waals surface area contributed by atoms with Crippen molar-refractivity contribution < 1.29 is 4.74 Å². The Morgan fingerprint density at radius 2 is 2.00 bits per heavy atom. The zero-order chi connectivity index (χ0) is 17.1. The first-order valence-electron chi connectivity index (χ1n) is 8.35. The van der Waals surface area contributed by atoms with E-state index in [2.05, 4.69) is 74.3 Å². The average molecular weight is 338 g/mol. The van der Waals surface area contributed by atoms with Crippen LogP contribution in [0.5, 0.6) is 5.75 Å². The van der Waals surface area contributed by atoms with Crippen LogP contribution in [0.3, 0.4) is 0 Å². The van der Waals surface area contributed by atoms with Crippen molar-refractivity contribution in [2.45, 2.75) is 45.9 Å². The number of aryl methyl sites for hydroxylation is 2. The highest BCUT2D eigenvalue weighted by Crippen LogP contribution is 2.46. The van der Waals surface area contributed by atoms with Crippen LogP contribution in [0.25, 0.3) is 0 Å². The summed E-state index contributed by atoms with van der Waals surface area (Å²) in [5.74, 6) is 0.949. The third-order valence-corrected chi connectivity index (χ3v) is 5.54. The summed E-state index contributed by atoms with van der Waals surface area (Å²) in [5.41, 5.74) is 5.57.